The zero-order chi connectivity index (χ0) is 16.2. The molecule has 23 heavy (non-hydrogen) atoms. The lowest BCUT2D eigenvalue weighted by atomic mass is 10.1. The van der Waals surface area contributed by atoms with Crippen molar-refractivity contribution in [2.24, 2.45) is 0 Å². The fraction of sp³-hybridized carbons (Fsp3) is 0.412. The fourth-order valence-corrected chi connectivity index (χ4v) is 2.96. The summed E-state index contributed by atoms with van der Waals surface area (Å²) in [7, 11) is 0. The summed E-state index contributed by atoms with van der Waals surface area (Å²) in [5.41, 5.74) is 1.81. The lowest BCUT2D eigenvalue weighted by Crippen LogP contribution is -2.28. The largest absolute Gasteiger partial charge is 0.490 e. The van der Waals surface area contributed by atoms with Gasteiger partial charge in [0.05, 0.1) is 18.3 Å². The number of benzene rings is 1. The van der Waals surface area contributed by atoms with Gasteiger partial charge < -0.3 is 9.64 Å². The van der Waals surface area contributed by atoms with Gasteiger partial charge >= 0.3 is 0 Å². The number of hydrogen-bond acceptors (Lipinski definition) is 3. The molecule has 5 nitrogen and oxygen atoms in total. The van der Waals surface area contributed by atoms with Gasteiger partial charge in [-0.25, -0.2) is 4.39 Å². The average molecular weight is 317 g/mol. The second kappa shape index (κ2) is 6.81. The predicted octanol–water partition coefficient (Wildman–Crippen LogP) is 2.85. The molecule has 2 aromatic rings. The van der Waals surface area contributed by atoms with E-state index in [0.717, 1.165) is 30.8 Å². The topological polar surface area (TPSA) is 58.2 Å². The Morgan fingerprint density at radius 1 is 1.48 bits per heavy atom. The maximum absolute atomic E-state index is 13.5. The van der Waals surface area contributed by atoms with Gasteiger partial charge in [0.15, 0.2) is 11.6 Å². The highest BCUT2D eigenvalue weighted by atomic mass is 19.1. The van der Waals surface area contributed by atoms with Gasteiger partial charge in [-0.2, -0.15) is 5.10 Å². The molecule has 1 aliphatic heterocycles. The van der Waals surface area contributed by atoms with Gasteiger partial charge in [-0.15, -0.1) is 0 Å². The summed E-state index contributed by atoms with van der Waals surface area (Å²) < 4.78 is 18.9. The maximum Gasteiger partial charge on any atom is 0.220 e. The Balaban J connectivity index is 1.57. The fourth-order valence-electron chi connectivity index (χ4n) is 2.96. The molecule has 2 heterocycles. The summed E-state index contributed by atoms with van der Waals surface area (Å²) in [5, 5.41) is 7.31. The number of aromatic amines is 1. The number of halogens is 1. The molecule has 6 heteroatoms. The molecule has 0 saturated carbocycles. The molecule has 1 aromatic heterocycles. The van der Waals surface area contributed by atoms with Crippen LogP contribution in [0.1, 0.15) is 37.2 Å². The third kappa shape index (κ3) is 3.52. The molecule has 1 unspecified atom stereocenters. The van der Waals surface area contributed by atoms with Gasteiger partial charge in [0.2, 0.25) is 5.91 Å². The Morgan fingerprint density at radius 2 is 2.30 bits per heavy atom. The molecule has 1 aliphatic rings. The van der Waals surface area contributed by atoms with Crippen molar-refractivity contribution in [1.29, 1.82) is 0 Å². The van der Waals surface area contributed by atoms with E-state index in [2.05, 4.69) is 10.2 Å². The van der Waals surface area contributed by atoms with Gasteiger partial charge in [0.1, 0.15) is 0 Å². The van der Waals surface area contributed by atoms with Crippen molar-refractivity contribution in [2.75, 3.05) is 13.2 Å². The molecule has 0 aliphatic carbocycles. The molecule has 0 bridgehead atoms. The number of H-pyrrole nitrogens is 1. The van der Waals surface area contributed by atoms with Crippen molar-refractivity contribution in [2.45, 2.75) is 32.2 Å². The number of carbonyl (C=O) groups is 1. The molecule has 1 amide bonds. The Hall–Kier alpha value is -2.37. The molecule has 0 radical (unpaired) electrons. The predicted molar refractivity (Wildman–Crippen MR) is 83.5 cm³/mol. The van der Waals surface area contributed by atoms with Gasteiger partial charge in [-0.1, -0.05) is 12.1 Å². The van der Waals surface area contributed by atoms with Crippen LogP contribution in [0.5, 0.6) is 5.75 Å². The van der Waals surface area contributed by atoms with Crippen LogP contribution >= 0.6 is 0 Å². The average Bonchev–Trinajstić information content (AvgIpc) is 3.17. The molecule has 1 atom stereocenters. The van der Waals surface area contributed by atoms with Crippen LogP contribution in [-0.4, -0.2) is 34.2 Å². The maximum atomic E-state index is 13.5. The van der Waals surface area contributed by atoms with Crippen LogP contribution in [-0.2, 0) is 11.2 Å². The highest BCUT2D eigenvalue weighted by Gasteiger charge is 2.29. The highest BCUT2D eigenvalue weighted by molar-refractivity contribution is 5.74. The minimum Gasteiger partial charge on any atom is -0.490 e. The van der Waals surface area contributed by atoms with E-state index in [4.69, 9.17) is 4.74 Å². The van der Waals surface area contributed by atoms with Crippen molar-refractivity contribution < 1.29 is 13.9 Å². The second-order valence-corrected chi connectivity index (χ2v) is 5.72. The first-order valence-electron chi connectivity index (χ1n) is 7.84. The number of likely N-dealkylation sites (tertiary alicyclic amines) is 1. The SMILES string of the molecule is CC(=O)N1CCCC1c1cc(CCOc2ccccc2F)[nH]n1. The van der Waals surface area contributed by atoms with Crippen LogP contribution in [0.15, 0.2) is 30.3 Å². The summed E-state index contributed by atoms with van der Waals surface area (Å²) >= 11 is 0. The van der Waals surface area contributed by atoms with Crippen LogP contribution < -0.4 is 4.74 Å². The lowest BCUT2D eigenvalue weighted by molar-refractivity contribution is -0.129. The summed E-state index contributed by atoms with van der Waals surface area (Å²) in [6, 6.07) is 8.38. The zero-order valence-corrected chi connectivity index (χ0v) is 13.1. The number of hydrogen-bond donors (Lipinski definition) is 1. The molecule has 1 fully saturated rings. The number of carbonyl (C=O) groups excluding carboxylic acids is 1. The number of para-hydroxylation sites is 1. The van der Waals surface area contributed by atoms with E-state index < -0.39 is 0 Å². The molecule has 1 N–H and O–H groups in total. The number of nitrogens with zero attached hydrogens (tertiary/aromatic N) is 2. The normalized spacial score (nSPS) is 17.5. The first-order valence-corrected chi connectivity index (χ1v) is 7.84. The molecule has 1 aromatic carbocycles. The molecular weight excluding hydrogens is 297 g/mol. The minimum atomic E-state index is -0.360. The third-order valence-electron chi connectivity index (χ3n) is 4.12. The zero-order valence-electron chi connectivity index (χ0n) is 13.1. The molecule has 3 rings (SSSR count). The Kier molecular flexibility index (Phi) is 4.60. The number of ether oxygens (including phenoxy) is 1. The standard InChI is InChI=1S/C17H20FN3O2/c1-12(22)21-9-4-6-16(21)15-11-13(19-20-15)8-10-23-17-7-3-2-5-14(17)18/h2-3,5,7,11,16H,4,6,8-10H2,1H3,(H,19,20). The second-order valence-electron chi connectivity index (χ2n) is 5.72. The van der Waals surface area contributed by atoms with Crippen LogP contribution in [0, 0.1) is 5.82 Å². The quantitative estimate of drug-likeness (QED) is 0.922. The summed E-state index contributed by atoms with van der Waals surface area (Å²) in [5.74, 6) is -0.0217. The van der Waals surface area contributed by atoms with Crippen molar-refractivity contribution in [3.63, 3.8) is 0 Å². The Morgan fingerprint density at radius 3 is 3.09 bits per heavy atom. The lowest BCUT2D eigenvalue weighted by Gasteiger charge is -2.21. The number of amides is 1. The number of nitrogens with one attached hydrogen (secondary N) is 1. The van der Waals surface area contributed by atoms with Gasteiger partial charge in [0.25, 0.3) is 0 Å². The molecule has 1 saturated heterocycles. The smallest absolute Gasteiger partial charge is 0.220 e. The summed E-state index contributed by atoms with van der Waals surface area (Å²) in [4.78, 5) is 13.5. The van der Waals surface area contributed by atoms with E-state index in [1.54, 1.807) is 25.1 Å². The van der Waals surface area contributed by atoms with Crippen LogP contribution in [0.4, 0.5) is 4.39 Å². The van der Waals surface area contributed by atoms with Crippen LogP contribution in [0.25, 0.3) is 0 Å². The van der Waals surface area contributed by atoms with Gasteiger partial charge in [0, 0.05) is 25.6 Å². The first-order chi connectivity index (χ1) is 11.1. The monoisotopic (exact) mass is 317 g/mol. The van der Waals surface area contributed by atoms with Crippen molar-refractivity contribution in [3.8, 4) is 5.75 Å². The summed E-state index contributed by atoms with van der Waals surface area (Å²) in [6.45, 7) is 2.75. The molecule has 122 valence electrons. The summed E-state index contributed by atoms with van der Waals surface area (Å²) in [6.07, 6.45) is 2.55. The number of aromatic nitrogens is 2. The van der Waals surface area contributed by atoms with E-state index >= 15 is 0 Å². The van der Waals surface area contributed by atoms with Gasteiger partial charge in [-0.05, 0) is 31.0 Å². The van der Waals surface area contributed by atoms with E-state index in [1.165, 1.54) is 6.07 Å². The first kappa shape index (κ1) is 15.5. The Bertz CT molecular complexity index is 686. The van der Waals surface area contributed by atoms with E-state index in [-0.39, 0.29) is 23.5 Å². The molecule has 0 spiro atoms. The van der Waals surface area contributed by atoms with Gasteiger partial charge in [-0.3, -0.25) is 9.89 Å². The Labute approximate surface area is 134 Å². The minimum absolute atomic E-state index is 0.0602. The van der Waals surface area contributed by atoms with E-state index in [0.29, 0.717) is 13.0 Å². The highest BCUT2D eigenvalue weighted by Crippen LogP contribution is 2.31. The van der Waals surface area contributed by atoms with Crippen molar-refractivity contribution in [1.82, 2.24) is 15.1 Å². The van der Waals surface area contributed by atoms with Crippen molar-refractivity contribution >= 4 is 5.91 Å². The van der Waals surface area contributed by atoms with E-state index in [1.807, 2.05) is 11.0 Å². The molecular formula is C17H20FN3O2. The van der Waals surface area contributed by atoms with Crippen molar-refractivity contribution in [3.05, 3.63) is 47.5 Å². The number of rotatable bonds is 5. The van der Waals surface area contributed by atoms with Crippen LogP contribution in [0.2, 0.25) is 0 Å². The van der Waals surface area contributed by atoms with E-state index in [9.17, 15) is 9.18 Å². The third-order valence-corrected chi connectivity index (χ3v) is 4.12. The van der Waals surface area contributed by atoms with Crippen LogP contribution in [0.3, 0.4) is 0 Å².